The highest BCUT2D eigenvalue weighted by atomic mass is 32.2. The Balaban J connectivity index is 2.24. The lowest BCUT2D eigenvalue weighted by Crippen LogP contribution is -2.51. The van der Waals surface area contributed by atoms with Crippen LogP contribution in [0, 0.1) is 5.92 Å². The van der Waals surface area contributed by atoms with E-state index in [-0.39, 0.29) is 30.9 Å². The van der Waals surface area contributed by atoms with E-state index in [4.69, 9.17) is 4.74 Å². The number of ether oxygens (including phenoxy) is 2. The summed E-state index contributed by atoms with van der Waals surface area (Å²) >= 11 is 0. The molecule has 28 heavy (non-hydrogen) atoms. The van der Waals surface area contributed by atoms with Gasteiger partial charge < -0.3 is 14.6 Å². The molecule has 12 heteroatoms. The van der Waals surface area contributed by atoms with Crippen LogP contribution in [-0.4, -0.2) is 55.3 Å². The molecule has 1 aliphatic heterocycles. The van der Waals surface area contributed by atoms with Crippen molar-refractivity contribution in [3.05, 3.63) is 24.3 Å². The molecule has 2 rings (SSSR count). The van der Waals surface area contributed by atoms with Gasteiger partial charge in [-0.25, -0.2) is 8.42 Å². The molecule has 0 amide bonds. The minimum Gasteiger partial charge on any atom is -0.480 e. The van der Waals surface area contributed by atoms with Crippen LogP contribution in [0.5, 0.6) is 5.75 Å². The van der Waals surface area contributed by atoms with Crippen LogP contribution >= 0.6 is 0 Å². The average Bonchev–Trinajstić information content (AvgIpc) is 2.60. The summed E-state index contributed by atoms with van der Waals surface area (Å²) in [5.74, 6) is -3.40. The number of carbonyl (C=O) groups is 2. The molecule has 0 saturated carbocycles. The van der Waals surface area contributed by atoms with Gasteiger partial charge in [0.15, 0.2) is 0 Å². The number of nitrogens with zero attached hydrogens (tertiary/aromatic N) is 1. The Labute approximate surface area is 158 Å². The van der Waals surface area contributed by atoms with Crippen LogP contribution in [0.2, 0.25) is 0 Å². The van der Waals surface area contributed by atoms with Gasteiger partial charge >= 0.3 is 18.3 Å². The fraction of sp³-hybridized carbons (Fsp3) is 0.500. The van der Waals surface area contributed by atoms with Crippen LogP contribution in [0.4, 0.5) is 13.2 Å². The van der Waals surface area contributed by atoms with Gasteiger partial charge in [-0.2, -0.15) is 4.31 Å². The smallest absolute Gasteiger partial charge is 0.480 e. The number of carbonyl (C=O) groups excluding carboxylic acids is 1. The molecule has 8 nitrogen and oxygen atoms in total. The molecule has 1 fully saturated rings. The third kappa shape index (κ3) is 5.13. The fourth-order valence-electron chi connectivity index (χ4n) is 2.88. The van der Waals surface area contributed by atoms with Gasteiger partial charge in [-0.1, -0.05) is 0 Å². The first-order valence-corrected chi connectivity index (χ1v) is 9.66. The third-order valence-electron chi connectivity index (χ3n) is 4.12. The lowest BCUT2D eigenvalue weighted by molar-refractivity contribution is -0.274. The number of esters is 1. The molecule has 0 aliphatic carbocycles. The molecule has 1 heterocycles. The number of rotatable bonds is 6. The molecule has 1 saturated heterocycles. The minimum absolute atomic E-state index is 0.0666. The highest BCUT2D eigenvalue weighted by Crippen LogP contribution is 2.31. The molecule has 0 unspecified atom stereocenters. The number of carboxylic acid groups (broad SMARTS) is 1. The Bertz CT molecular complexity index is 824. The number of carboxylic acids is 1. The summed E-state index contributed by atoms with van der Waals surface area (Å²) in [6.07, 6.45) is -5.12. The lowest BCUT2D eigenvalue weighted by Gasteiger charge is -2.35. The SMILES string of the molecule is CCOC(=O)[C@@H]1CCN(S(=O)(=O)c2ccc(OC(F)(F)F)cc2)[C@@H](C(=O)O)C1. The maximum absolute atomic E-state index is 12.8. The Morgan fingerprint density at radius 3 is 2.36 bits per heavy atom. The average molecular weight is 425 g/mol. The van der Waals surface area contributed by atoms with E-state index in [0.29, 0.717) is 0 Å². The van der Waals surface area contributed by atoms with Gasteiger partial charge in [-0.3, -0.25) is 9.59 Å². The molecule has 1 aromatic rings. The number of piperidine rings is 1. The third-order valence-corrected chi connectivity index (χ3v) is 6.04. The molecular weight excluding hydrogens is 407 g/mol. The van der Waals surface area contributed by atoms with Crippen molar-refractivity contribution in [1.82, 2.24) is 4.31 Å². The Kier molecular flexibility index (Phi) is 6.55. The zero-order valence-electron chi connectivity index (χ0n) is 14.7. The summed E-state index contributed by atoms with van der Waals surface area (Å²) in [6.45, 7) is 1.46. The molecule has 2 atom stereocenters. The molecule has 156 valence electrons. The topological polar surface area (TPSA) is 110 Å². The van der Waals surface area contributed by atoms with Crippen molar-refractivity contribution >= 4 is 22.0 Å². The summed E-state index contributed by atoms with van der Waals surface area (Å²) < 4.78 is 71.5. The normalized spacial score (nSPS) is 21.1. The number of sulfonamides is 1. The monoisotopic (exact) mass is 425 g/mol. The van der Waals surface area contributed by atoms with Crippen molar-refractivity contribution in [2.24, 2.45) is 5.92 Å². The van der Waals surface area contributed by atoms with E-state index in [2.05, 4.69) is 4.74 Å². The zero-order valence-corrected chi connectivity index (χ0v) is 15.5. The van der Waals surface area contributed by atoms with Crippen LogP contribution in [0.15, 0.2) is 29.2 Å². The first-order chi connectivity index (χ1) is 13.0. The van der Waals surface area contributed by atoms with Gasteiger partial charge in [0.25, 0.3) is 0 Å². The van der Waals surface area contributed by atoms with E-state index < -0.39 is 46.0 Å². The minimum atomic E-state index is -4.93. The number of hydrogen-bond acceptors (Lipinski definition) is 6. The van der Waals surface area contributed by atoms with Crippen LogP contribution in [0.25, 0.3) is 0 Å². The molecule has 1 N–H and O–H groups in total. The van der Waals surface area contributed by atoms with Crippen LogP contribution in [0.1, 0.15) is 19.8 Å². The van der Waals surface area contributed by atoms with Gasteiger partial charge in [0.2, 0.25) is 10.0 Å². The predicted octanol–water partition coefficient (Wildman–Crippen LogP) is 2.00. The van der Waals surface area contributed by atoms with Crippen LogP contribution in [0.3, 0.4) is 0 Å². The van der Waals surface area contributed by atoms with Crippen molar-refractivity contribution in [3.63, 3.8) is 0 Å². The largest absolute Gasteiger partial charge is 0.573 e. The Hall–Kier alpha value is -2.34. The number of aliphatic carboxylic acids is 1. The van der Waals surface area contributed by atoms with Gasteiger partial charge in [0.1, 0.15) is 11.8 Å². The molecule has 1 aromatic carbocycles. The standard InChI is InChI=1S/C16H18F3NO7S/c1-2-26-15(23)10-7-8-20(13(9-10)14(21)22)28(24,25)12-5-3-11(4-6-12)27-16(17,18)19/h3-6,10,13H,2,7-9H2,1H3,(H,21,22)/t10-,13-/m1/s1. The van der Waals surface area contributed by atoms with Crippen molar-refractivity contribution in [3.8, 4) is 5.75 Å². The Morgan fingerprint density at radius 2 is 1.86 bits per heavy atom. The van der Waals surface area contributed by atoms with E-state index in [1.807, 2.05) is 0 Å². The fourth-order valence-corrected chi connectivity index (χ4v) is 4.49. The van der Waals surface area contributed by atoms with Crippen LogP contribution < -0.4 is 4.74 Å². The molecule has 0 radical (unpaired) electrons. The molecule has 0 aromatic heterocycles. The van der Waals surface area contributed by atoms with Crippen molar-refractivity contribution in [2.45, 2.75) is 37.1 Å². The summed E-state index contributed by atoms with van der Waals surface area (Å²) in [5.41, 5.74) is 0. The first-order valence-electron chi connectivity index (χ1n) is 8.22. The summed E-state index contributed by atoms with van der Waals surface area (Å²) in [4.78, 5) is 23.0. The van der Waals surface area contributed by atoms with E-state index >= 15 is 0 Å². The lowest BCUT2D eigenvalue weighted by atomic mass is 9.92. The second kappa shape index (κ2) is 8.35. The van der Waals surface area contributed by atoms with Crippen molar-refractivity contribution < 1.29 is 45.8 Å². The predicted molar refractivity (Wildman–Crippen MR) is 87.8 cm³/mol. The summed E-state index contributed by atoms with van der Waals surface area (Å²) in [7, 11) is -4.31. The second-order valence-corrected chi connectivity index (χ2v) is 7.85. The van der Waals surface area contributed by atoms with E-state index in [0.717, 1.165) is 28.6 Å². The first kappa shape index (κ1) is 22.0. The molecule has 0 spiro atoms. The summed E-state index contributed by atoms with van der Waals surface area (Å²) in [5, 5.41) is 9.42. The highest BCUT2D eigenvalue weighted by molar-refractivity contribution is 7.89. The summed E-state index contributed by atoms with van der Waals surface area (Å²) in [6, 6.07) is 1.93. The molecular formula is C16H18F3NO7S. The maximum Gasteiger partial charge on any atom is 0.573 e. The second-order valence-electron chi connectivity index (χ2n) is 5.96. The zero-order chi connectivity index (χ0) is 21.1. The number of hydrogen-bond donors (Lipinski definition) is 1. The van der Waals surface area contributed by atoms with E-state index in [1.165, 1.54) is 0 Å². The molecule has 0 bridgehead atoms. The van der Waals surface area contributed by atoms with Gasteiger partial charge in [-0.15, -0.1) is 13.2 Å². The Morgan fingerprint density at radius 1 is 1.25 bits per heavy atom. The van der Waals surface area contributed by atoms with Gasteiger partial charge in [0, 0.05) is 6.54 Å². The number of halogens is 3. The number of alkyl halides is 3. The molecule has 1 aliphatic rings. The highest BCUT2D eigenvalue weighted by Gasteiger charge is 2.43. The quantitative estimate of drug-likeness (QED) is 0.694. The number of benzene rings is 1. The van der Waals surface area contributed by atoms with E-state index in [9.17, 15) is 36.3 Å². The van der Waals surface area contributed by atoms with Crippen molar-refractivity contribution in [1.29, 1.82) is 0 Å². The van der Waals surface area contributed by atoms with E-state index in [1.54, 1.807) is 6.92 Å². The van der Waals surface area contributed by atoms with Crippen molar-refractivity contribution in [2.75, 3.05) is 13.2 Å². The van der Waals surface area contributed by atoms with Crippen LogP contribution in [-0.2, 0) is 24.3 Å². The van der Waals surface area contributed by atoms with Gasteiger partial charge in [0.05, 0.1) is 17.4 Å². The maximum atomic E-state index is 12.8. The van der Waals surface area contributed by atoms with Gasteiger partial charge in [-0.05, 0) is 44.0 Å².